The zero-order valence-corrected chi connectivity index (χ0v) is 9.07. The lowest BCUT2D eigenvalue weighted by molar-refractivity contribution is 0.222. The number of nitrogens with zero attached hydrogens (tertiary/aromatic N) is 1. The van der Waals surface area contributed by atoms with Gasteiger partial charge in [-0.2, -0.15) is 5.26 Å². The summed E-state index contributed by atoms with van der Waals surface area (Å²) in [4.78, 5) is 0. The minimum absolute atomic E-state index is 0.554. The topological polar surface area (TPSA) is 46.2 Å². The van der Waals surface area contributed by atoms with Crippen LogP contribution < -0.4 is 0 Å². The molecule has 1 aromatic heterocycles. The highest BCUT2D eigenvalue weighted by atomic mass is 28.4. The molecule has 0 radical (unpaired) electrons. The van der Waals surface area contributed by atoms with Gasteiger partial charge in [0.2, 0.25) is 0 Å². The molecule has 70 valence electrons. The van der Waals surface area contributed by atoms with Gasteiger partial charge in [0.25, 0.3) is 0 Å². The summed E-state index contributed by atoms with van der Waals surface area (Å²) in [5.74, 6) is 0.588. The van der Waals surface area contributed by atoms with E-state index in [1.54, 1.807) is 18.4 Å². The van der Waals surface area contributed by atoms with E-state index in [0.29, 0.717) is 5.76 Å². The van der Waals surface area contributed by atoms with Gasteiger partial charge in [0.1, 0.15) is 11.8 Å². The Hall–Kier alpha value is -1.05. The fourth-order valence-corrected chi connectivity index (χ4v) is 1.82. The van der Waals surface area contributed by atoms with E-state index in [-0.39, 0.29) is 0 Å². The van der Waals surface area contributed by atoms with E-state index in [1.165, 1.54) is 0 Å². The Morgan fingerprint density at radius 3 is 2.62 bits per heavy atom. The van der Waals surface area contributed by atoms with Crippen molar-refractivity contribution in [2.24, 2.45) is 0 Å². The van der Waals surface area contributed by atoms with E-state index in [9.17, 15) is 0 Å². The van der Waals surface area contributed by atoms with Crippen LogP contribution in [0.5, 0.6) is 0 Å². The average Bonchev–Trinajstić information content (AvgIpc) is 2.50. The Bertz CT molecular complexity index is 294. The lowest BCUT2D eigenvalue weighted by Gasteiger charge is -2.19. The molecule has 0 saturated heterocycles. The van der Waals surface area contributed by atoms with E-state index >= 15 is 0 Å². The molecule has 1 heterocycles. The third kappa shape index (κ3) is 3.05. The van der Waals surface area contributed by atoms with Crippen molar-refractivity contribution in [3.05, 3.63) is 24.2 Å². The van der Waals surface area contributed by atoms with Crippen LogP contribution in [0.3, 0.4) is 0 Å². The molecule has 0 N–H and O–H groups in total. The fraction of sp³-hybridized carbons (Fsp3) is 0.444. The maximum atomic E-state index is 8.85. The van der Waals surface area contributed by atoms with Crippen LogP contribution in [0.4, 0.5) is 0 Å². The number of rotatable bonds is 3. The van der Waals surface area contributed by atoms with Crippen LogP contribution in [0, 0.1) is 11.3 Å². The second-order valence-corrected chi connectivity index (χ2v) is 8.22. The second kappa shape index (κ2) is 3.77. The predicted molar refractivity (Wildman–Crippen MR) is 51.5 cm³/mol. The van der Waals surface area contributed by atoms with Crippen LogP contribution in [0.2, 0.25) is 19.6 Å². The Balaban J connectivity index is 2.72. The quantitative estimate of drug-likeness (QED) is 0.700. The van der Waals surface area contributed by atoms with Crippen LogP contribution in [0.1, 0.15) is 11.9 Å². The summed E-state index contributed by atoms with van der Waals surface area (Å²) in [7, 11) is -1.68. The van der Waals surface area contributed by atoms with Crippen molar-refractivity contribution in [3.63, 3.8) is 0 Å². The highest BCUT2D eigenvalue weighted by Crippen LogP contribution is 2.21. The lowest BCUT2D eigenvalue weighted by atomic mass is 10.4. The first-order chi connectivity index (χ1) is 6.03. The molecule has 0 saturated carbocycles. The van der Waals surface area contributed by atoms with Gasteiger partial charge in [-0.15, -0.1) is 0 Å². The first-order valence-electron chi connectivity index (χ1n) is 4.14. The molecule has 0 bridgehead atoms. The SMILES string of the molecule is C[Si](C)(C)OC([14C]#N)c1ccco1. The van der Waals surface area contributed by atoms with E-state index in [0.717, 1.165) is 0 Å². The molecule has 1 aromatic rings. The number of nitriles is 1. The smallest absolute Gasteiger partial charge is 0.192 e. The molecular formula is C9H13NO2Si. The first-order valence-corrected chi connectivity index (χ1v) is 7.54. The molecule has 0 aliphatic heterocycles. The van der Waals surface area contributed by atoms with Crippen LogP contribution >= 0.6 is 0 Å². The van der Waals surface area contributed by atoms with E-state index in [1.807, 2.05) is 19.6 Å². The Kier molecular flexibility index (Phi) is 2.91. The zero-order valence-electron chi connectivity index (χ0n) is 8.07. The van der Waals surface area contributed by atoms with E-state index in [2.05, 4.69) is 6.07 Å². The molecule has 0 aliphatic carbocycles. The molecular weight excluding hydrogens is 184 g/mol. The maximum Gasteiger partial charge on any atom is 0.192 e. The van der Waals surface area contributed by atoms with Gasteiger partial charge in [-0.1, -0.05) is 0 Å². The van der Waals surface area contributed by atoms with Gasteiger partial charge in [-0.05, 0) is 31.8 Å². The van der Waals surface area contributed by atoms with Crippen molar-refractivity contribution in [3.8, 4) is 6.07 Å². The Labute approximate surface area is 79.1 Å². The number of hydrogen-bond donors (Lipinski definition) is 0. The average molecular weight is 197 g/mol. The van der Waals surface area contributed by atoms with Gasteiger partial charge in [0, 0.05) is 0 Å². The summed E-state index contributed by atoms with van der Waals surface area (Å²) in [6.45, 7) is 6.13. The van der Waals surface area contributed by atoms with Crippen LogP contribution in [0.15, 0.2) is 22.8 Å². The summed E-state index contributed by atoms with van der Waals surface area (Å²) < 4.78 is 10.7. The lowest BCUT2D eigenvalue weighted by Crippen LogP contribution is -2.27. The summed E-state index contributed by atoms with van der Waals surface area (Å²) >= 11 is 0. The summed E-state index contributed by atoms with van der Waals surface area (Å²) in [5.41, 5.74) is 0. The van der Waals surface area contributed by atoms with Crippen LogP contribution in [0.25, 0.3) is 0 Å². The number of furan rings is 1. The van der Waals surface area contributed by atoms with Gasteiger partial charge in [-0.25, -0.2) is 0 Å². The fourth-order valence-electron chi connectivity index (χ4n) is 0.942. The Morgan fingerprint density at radius 2 is 2.23 bits per heavy atom. The molecule has 4 heteroatoms. The Morgan fingerprint density at radius 1 is 1.54 bits per heavy atom. The van der Waals surface area contributed by atoms with Crippen molar-refractivity contribution in [1.82, 2.24) is 0 Å². The number of hydrogen-bond acceptors (Lipinski definition) is 3. The third-order valence-corrected chi connectivity index (χ3v) is 2.33. The summed E-state index contributed by atoms with van der Waals surface area (Å²) in [6.07, 6.45) is 0.995. The van der Waals surface area contributed by atoms with Crippen LogP contribution in [-0.2, 0) is 4.43 Å². The van der Waals surface area contributed by atoms with Crippen molar-refractivity contribution >= 4 is 8.32 Å². The van der Waals surface area contributed by atoms with Gasteiger partial charge in [-0.3, -0.25) is 0 Å². The standard InChI is InChI=1S/C9H13NO2Si/c1-13(2,3)12-9(7-10)8-5-4-6-11-8/h4-6,9H,1-3H3/i7+2. The molecule has 13 heavy (non-hydrogen) atoms. The summed E-state index contributed by atoms with van der Waals surface area (Å²) in [6, 6.07) is 5.59. The van der Waals surface area contributed by atoms with Crippen molar-refractivity contribution in [2.75, 3.05) is 0 Å². The molecule has 3 nitrogen and oxygen atoms in total. The predicted octanol–water partition coefficient (Wildman–Crippen LogP) is 2.70. The second-order valence-electron chi connectivity index (χ2n) is 3.75. The first kappa shape index (κ1) is 10.0. The molecule has 0 fully saturated rings. The van der Waals surface area contributed by atoms with Crippen molar-refractivity contribution in [1.29, 1.82) is 5.26 Å². The molecule has 0 amide bonds. The van der Waals surface area contributed by atoms with Gasteiger partial charge >= 0.3 is 0 Å². The minimum atomic E-state index is -1.68. The van der Waals surface area contributed by atoms with E-state index in [4.69, 9.17) is 14.1 Å². The molecule has 0 aromatic carbocycles. The largest absolute Gasteiger partial charge is 0.465 e. The highest BCUT2D eigenvalue weighted by molar-refractivity contribution is 6.69. The van der Waals surface area contributed by atoms with Crippen molar-refractivity contribution in [2.45, 2.75) is 25.7 Å². The van der Waals surface area contributed by atoms with Crippen LogP contribution in [-0.4, -0.2) is 8.32 Å². The van der Waals surface area contributed by atoms with Gasteiger partial charge in [0.15, 0.2) is 14.4 Å². The van der Waals surface area contributed by atoms with Gasteiger partial charge < -0.3 is 8.84 Å². The monoisotopic (exact) mass is 197 g/mol. The molecule has 1 unspecified atom stereocenters. The van der Waals surface area contributed by atoms with E-state index < -0.39 is 14.4 Å². The van der Waals surface area contributed by atoms with Crippen molar-refractivity contribution < 1.29 is 8.84 Å². The normalized spacial score (nSPS) is 13.7. The summed E-state index contributed by atoms with van der Waals surface area (Å²) in [5, 5.41) is 8.85. The molecule has 1 rings (SSSR count). The third-order valence-electron chi connectivity index (χ3n) is 1.39. The molecule has 0 spiro atoms. The molecule has 0 aliphatic rings. The molecule has 1 atom stereocenters. The van der Waals surface area contributed by atoms with Gasteiger partial charge in [0.05, 0.1) is 6.26 Å². The highest BCUT2D eigenvalue weighted by Gasteiger charge is 2.23. The maximum absolute atomic E-state index is 8.85. The zero-order chi connectivity index (χ0) is 9.90. The minimum Gasteiger partial charge on any atom is -0.465 e.